The van der Waals surface area contributed by atoms with Crippen molar-refractivity contribution in [1.29, 1.82) is 0 Å². The molecule has 0 atom stereocenters. The van der Waals surface area contributed by atoms with Gasteiger partial charge in [-0.05, 0) is 24.4 Å². The van der Waals surface area contributed by atoms with Crippen LogP contribution in [0.25, 0.3) is 0 Å². The maximum absolute atomic E-state index is 4.81. The molecule has 0 saturated heterocycles. The first-order chi connectivity index (χ1) is 8.83. The number of hydrogen-bond donors (Lipinski definition) is 1. The molecular formula is C14H20N2S2. The Balaban J connectivity index is 2.10. The molecule has 0 aliphatic rings. The lowest BCUT2D eigenvalue weighted by Crippen LogP contribution is -2.11. The molecule has 2 nitrogen and oxygen atoms in total. The maximum atomic E-state index is 4.81. The standard InChI is InChI=1S/C14H20N2S2/c1-3-6-12-13(10-15-4-2)18-14(16-12)9-11-7-5-8-17-11/h5,7-8,15H,3-4,6,9-10H2,1-2H3. The number of nitrogens with one attached hydrogen (secondary N) is 1. The van der Waals surface area contributed by atoms with Crippen LogP contribution in [0.5, 0.6) is 0 Å². The first-order valence-corrected chi connectivity index (χ1v) is 8.23. The quantitative estimate of drug-likeness (QED) is 0.833. The van der Waals surface area contributed by atoms with Crippen molar-refractivity contribution >= 4 is 22.7 Å². The van der Waals surface area contributed by atoms with Crippen LogP contribution >= 0.6 is 22.7 Å². The summed E-state index contributed by atoms with van der Waals surface area (Å²) < 4.78 is 0. The lowest BCUT2D eigenvalue weighted by Gasteiger charge is -2.00. The Kier molecular flexibility index (Phi) is 5.35. The third-order valence-corrected chi connectivity index (χ3v) is 4.72. The van der Waals surface area contributed by atoms with Crippen molar-refractivity contribution in [2.45, 2.75) is 39.7 Å². The van der Waals surface area contributed by atoms with Gasteiger partial charge in [0.05, 0.1) is 10.7 Å². The summed E-state index contributed by atoms with van der Waals surface area (Å²) in [6.07, 6.45) is 3.26. The van der Waals surface area contributed by atoms with Gasteiger partial charge >= 0.3 is 0 Å². The second-order valence-corrected chi connectivity index (χ2v) is 6.46. The van der Waals surface area contributed by atoms with Gasteiger partial charge in [0.2, 0.25) is 0 Å². The van der Waals surface area contributed by atoms with Gasteiger partial charge in [0.25, 0.3) is 0 Å². The van der Waals surface area contributed by atoms with Gasteiger partial charge in [0, 0.05) is 22.7 Å². The predicted molar refractivity (Wildman–Crippen MR) is 80.6 cm³/mol. The molecule has 2 rings (SSSR count). The molecule has 0 saturated carbocycles. The van der Waals surface area contributed by atoms with E-state index in [1.165, 1.54) is 26.9 Å². The molecule has 0 bridgehead atoms. The van der Waals surface area contributed by atoms with E-state index < -0.39 is 0 Å². The van der Waals surface area contributed by atoms with Crippen LogP contribution in [-0.2, 0) is 19.4 Å². The molecule has 0 spiro atoms. The number of nitrogens with zero attached hydrogens (tertiary/aromatic N) is 1. The molecule has 98 valence electrons. The topological polar surface area (TPSA) is 24.9 Å². The van der Waals surface area contributed by atoms with Crippen LogP contribution in [0.2, 0.25) is 0 Å². The summed E-state index contributed by atoms with van der Waals surface area (Å²) in [5.41, 5.74) is 1.30. The Bertz CT molecular complexity index is 460. The normalized spacial score (nSPS) is 11.0. The fourth-order valence-corrected chi connectivity index (χ4v) is 3.79. The molecule has 4 heteroatoms. The van der Waals surface area contributed by atoms with E-state index in [1.54, 1.807) is 0 Å². The van der Waals surface area contributed by atoms with Crippen molar-refractivity contribution in [2.24, 2.45) is 0 Å². The second-order valence-electron chi connectivity index (χ2n) is 4.26. The van der Waals surface area contributed by atoms with Crippen molar-refractivity contribution in [3.8, 4) is 0 Å². The van der Waals surface area contributed by atoms with Crippen LogP contribution in [0.3, 0.4) is 0 Å². The lowest BCUT2D eigenvalue weighted by atomic mass is 10.2. The minimum Gasteiger partial charge on any atom is -0.312 e. The first kappa shape index (κ1) is 13.7. The summed E-state index contributed by atoms with van der Waals surface area (Å²) in [4.78, 5) is 7.64. The second kappa shape index (κ2) is 7.02. The Hall–Kier alpha value is -0.710. The average Bonchev–Trinajstić information content (AvgIpc) is 2.98. The fraction of sp³-hybridized carbons (Fsp3) is 0.500. The number of aryl methyl sites for hydroxylation is 1. The first-order valence-electron chi connectivity index (χ1n) is 6.54. The third kappa shape index (κ3) is 3.64. The Morgan fingerprint density at radius 2 is 2.22 bits per heavy atom. The zero-order chi connectivity index (χ0) is 12.8. The smallest absolute Gasteiger partial charge is 0.0983 e. The highest BCUT2D eigenvalue weighted by Crippen LogP contribution is 2.24. The number of thiophene rings is 1. The molecule has 2 aromatic heterocycles. The number of rotatable bonds is 7. The Morgan fingerprint density at radius 3 is 2.89 bits per heavy atom. The number of hydrogen-bond acceptors (Lipinski definition) is 4. The largest absolute Gasteiger partial charge is 0.312 e. The lowest BCUT2D eigenvalue weighted by molar-refractivity contribution is 0.723. The molecule has 18 heavy (non-hydrogen) atoms. The van der Waals surface area contributed by atoms with E-state index in [0.717, 1.165) is 25.9 Å². The number of aromatic nitrogens is 1. The van der Waals surface area contributed by atoms with Crippen LogP contribution in [0.15, 0.2) is 17.5 Å². The van der Waals surface area contributed by atoms with Gasteiger partial charge in [-0.2, -0.15) is 0 Å². The highest BCUT2D eigenvalue weighted by atomic mass is 32.1. The van der Waals surface area contributed by atoms with E-state index in [2.05, 4.69) is 36.7 Å². The molecule has 0 radical (unpaired) electrons. The van der Waals surface area contributed by atoms with E-state index in [1.807, 2.05) is 22.7 Å². The van der Waals surface area contributed by atoms with Crippen LogP contribution < -0.4 is 5.32 Å². The van der Waals surface area contributed by atoms with Crippen LogP contribution in [0, 0.1) is 0 Å². The van der Waals surface area contributed by atoms with Gasteiger partial charge in [0.15, 0.2) is 0 Å². The molecule has 2 heterocycles. The van der Waals surface area contributed by atoms with Gasteiger partial charge in [-0.15, -0.1) is 22.7 Å². The predicted octanol–water partition coefficient (Wildman–Crippen LogP) is 3.86. The summed E-state index contributed by atoms with van der Waals surface area (Å²) in [7, 11) is 0. The molecule has 0 aliphatic heterocycles. The summed E-state index contributed by atoms with van der Waals surface area (Å²) in [6.45, 7) is 6.35. The van der Waals surface area contributed by atoms with Crippen LogP contribution in [0.1, 0.15) is 40.7 Å². The van der Waals surface area contributed by atoms with Gasteiger partial charge in [0.1, 0.15) is 0 Å². The van der Waals surface area contributed by atoms with E-state index in [4.69, 9.17) is 4.98 Å². The van der Waals surface area contributed by atoms with Crippen molar-refractivity contribution < 1.29 is 0 Å². The zero-order valence-corrected chi connectivity index (χ0v) is 12.7. The Labute approximate surface area is 117 Å². The minimum atomic E-state index is 0.966. The average molecular weight is 280 g/mol. The zero-order valence-electron chi connectivity index (χ0n) is 11.0. The van der Waals surface area contributed by atoms with Crippen molar-refractivity contribution in [3.05, 3.63) is 38.0 Å². The van der Waals surface area contributed by atoms with Crippen molar-refractivity contribution in [1.82, 2.24) is 10.3 Å². The third-order valence-electron chi connectivity index (χ3n) is 2.75. The summed E-state index contributed by atoms with van der Waals surface area (Å²) >= 11 is 3.69. The molecule has 1 N–H and O–H groups in total. The van der Waals surface area contributed by atoms with Crippen molar-refractivity contribution in [2.75, 3.05) is 6.54 Å². The summed E-state index contributed by atoms with van der Waals surface area (Å²) in [5.74, 6) is 0. The van der Waals surface area contributed by atoms with E-state index in [-0.39, 0.29) is 0 Å². The highest BCUT2D eigenvalue weighted by Gasteiger charge is 2.10. The Morgan fingerprint density at radius 1 is 1.33 bits per heavy atom. The molecular weight excluding hydrogens is 260 g/mol. The van der Waals surface area contributed by atoms with E-state index in [0.29, 0.717) is 0 Å². The van der Waals surface area contributed by atoms with E-state index >= 15 is 0 Å². The van der Waals surface area contributed by atoms with Crippen molar-refractivity contribution in [3.63, 3.8) is 0 Å². The molecule has 0 amide bonds. The summed E-state index contributed by atoms with van der Waals surface area (Å²) in [6, 6.07) is 4.30. The van der Waals surface area contributed by atoms with E-state index in [9.17, 15) is 0 Å². The SMILES string of the molecule is CCCc1nc(Cc2cccs2)sc1CNCC. The monoisotopic (exact) mass is 280 g/mol. The highest BCUT2D eigenvalue weighted by molar-refractivity contribution is 7.12. The van der Waals surface area contributed by atoms with Gasteiger partial charge in [-0.1, -0.05) is 26.3 Å². The maximum Gasteiger partial charge on any atom is 0.0983 e. The minimum absolute atomic E-state index is 0.966. The molecule has 0 aliphatic carbocycles. The molecule has 0 aromatic carbocycles. The summed E-state index contributed by atoms with van der Waals surface area (Å²) in [5, 5.41) is 6.80. The van der Waals surface area contributed by atoms with Gasteiger partial charge in [-0.25, -0.2) is 4.98 Å². The molecule has 2 aromatic rings. The van der Waals surface area contributed by atoms with Crippen LogP contribution in [0.4, 0.5) is 0 Å². The molecule has 0 fully saturated rings. The number of thiazole rings is 1. The van der Waals surface area contributed by atoms with Gasteiger partial charge < -0.3 is 5.32 Å². The van der Waals surface area contributed by atoms with Crippen LogP contribution in [-0.4, -0.2) is 11.5 Å². The molecule has 0 unspecified atom stereocenters. The fourth-order valence-electron chi connectivity index (χ4n) is 1.88. The van der Waals surface area contributed by atoms with Gasteiger partial charge in [-0.3, -0.25) is 0 Å².